The molecule has 0 aliphatic carbocycles. The number of carbonyl (C=O) groups excluding carboxylic acids is 1. The Morgan fingerprint density at radius 1 is 1.20 bits per heavy atom. The smallest absolute Gasteiger partial charge is 0.333 e. The summed E-state index contributed by atoms with van der Waals surface area (Å²) in [6, 6.07) is 12.3. The zero-order valence-corrected chi connectivity index (χ0v) is 11.5. The molecule has 0 fully saturated rings. The summed E-state index contributed by atoms with van der Waals surface area (Å²) in [4.78, 5) is 11.9. The van der Waals surface area contributed by atoms with Gasteiger partial charge in [-0.25, -0.2) is 9.18 Å². The van der Waals surface area contributed by atoms with Crippen LogP contribution >= 0.6 is 11.6 Å². The van der Waals surface area contributed by atoms with Gasteiger partial charge in [0.05, 0.1) is 7.11 Å². The van der Waals surface area contributed by atoms with Crippen molar-refractivity contribution in [2.75, 3.05) is 12.4 Å². The van der Waals surface area contributed by atoms with Crippen LogP contribution in [0.4, 0.5) is 10.1 Å². The van der Waals surface area contributed by atoms with Crippen molar-refractivity contribution in [3.63, 3.8) is 0 Å². The zero-order chi connectivity index (χ0) is 14.5. The van der Waals surface area contributed by atoms with Crippen molar-refractivity contribution in [1.29, 1.82) is 0 Å². The maximum absolute atomic E-state index is 14.0. The third-order valence-electron chi connectivity index (χ3n) is 2.81. The monoisotopic (exact) mass is 293 g/mol. The number of anilines is 1. The minimum absolute atomic E-state index is 0.0740. The predicted molar refractivity (Wildman–Crippen MR) is 76.2 cm³/mol. The molecule has 0 aliphatic heterocycles. The van der Waals surface area contributed by atoms with E-state index in [0.29, 0.717) is 5.69 Å². The van der Waals surface area contributed by atoms with Crippen LogP contribution in [-0.2, 0) is 9.53 Å². The second-order valence-electron chi connectivity index (χ2n) is 4.10. The summed E-state index contributed by atoms with van der Waals surface area (Å²) >= 11 is 6.00. The fourth-order valence-electron chi connectivity index (χ4n) is 1.85. The fourth-order valence-corrected chi connectivity index (χ4v) is 2.13. The number of ether oxygens (including phenoxy) is 1. The van der Waals surface area contributed by atoms with Crippen LogP contribution in [-0.4, -0.2) is 13.1 Å². The van der Waals surface area contributed by atoms with Crippen molar-refractivity contribution < 1.29 is 13.9 Å². The molecule has 1 atom stereocenters. The highest BCUT2D eigenvalue weighted by atomic mass is 35.5. The second kappa shape index (κ2) is 6.39. The van der Waals surface area contributed by atoms with E-state index < -0.39 is 17.8 Å². The third-order valence-corrected chi connectivity index (χ3v) is 3.14. The Kier molecular flexibility index (Phi) is 4.58. The Morgan fingerprint density at radius 2 is 1.90 bits per heavy atom. The van der Waals surface area contributed by atoms with Crippen LogP contribution in [0, 0.1) is 5.82 Å². The van der Waals surface area contributed by atoms with Crippen molar-refractivity contribution in [3.05, 3.63) is 64.9 Å². The Balaban J connectivity index is 2.41. The van der Waals surface area contributed by atoms with Gasteiger partial charge in [0.25, 0.3) is 0 Å². The number of para-hydroxylation sites is 1. The van der Waals surface area contributed by atoms with Gasteiger partial charge < -0.3 is 10.1 Å². The molecule has 0 bridgehead atoms. The summed E-state index contributed by atoms with van der Waals surface area (Å²) < 4.78 is 18.7. The van der Waals surface area contributed by atoms with Crippen LogP contribution in [0.2, 0.25) is 5.02 Å². The number of rotatable bonds is 4. The molecule has 2 rings (SSSR count). The molecule has 0 heterocycles. The number of benzene rings is 2. The van der Waals surface area contributed by atoms with E-state index in [1.807, 2.05) is 6.07 Å². The van der Waals surface area contributed by atoms with Crippen molar-refractivity contribution in [2.45, 2.75) is 6.04 Å². The number of esters is 1. The highest BCUT2D eigenvalue weighted by Crippen LogP contribution is 2.29. The first-order chi connectivity index (χ1) is 9.63. The molecule has 20 heavy (non-hydrogen) atoms. The average Bonchev–Trinajstić information content (AvgIpc) is 2.46. The lowest BCUT2D eigenvalue weighted by atomic mass is 10.1. The van der Waals surface area contributed by atoms with Gasteiger partial charge in [-0.15, -0.1) is 0 Å². The van der Waals surface area contributed by atoms with E-state index in [1.54, 1.807) is 24.3 Å². The maximum atomic E-state index is 14.0. The fraction of sp³-hybridized carbons (Fsp3) is 0.133. The number of hydrogen-bond acceptors (Lipinski definition) is 3. The van der Waals surface area contributed by atoms with E-state index >= 15 is 0 Å². The van der Waals surface area contributed by atoms with Crippen LogP contribution in [0.1, 0.15) is 11.6 Å². The van der Waals surface area contributed by atoms with Crippen LogP contribution in [0.3, 0.4) is 0 Å². The van der Waals surface area contributed by atoms with E-state index in [-0.39, 0.29) is 10.6 Å². The standard InChI is InChI=1S/C15H13ClFNO2/c1-20-15(19)14(18-10-6-3-2-4-7-10)13-11(16)8-5-9-12(13)17/h2-9,14,18H,1H3. The first-order valence-corrected chi connectivity index (χ1v) is 6.34. The topological polar surface area (TPSA) is 38.3 Å². The van der Waals surface area contributed by atoms with Gasteiger partial charge in [0.2, 0.25) is 0 Å². The van der Waals surface area contributed by atoms with Crippen molar-refractivity contribution in [2.24, 2.45) is 0 Å². The zero-order valence-electron chi connectivity index (χ0n) is 10.8. The molecule has 0 radical (unpaired) electrons. The van der Waals surface area contributed by atoms with Gasteiger partial charge in [0.1, 0.15) is 5.82 Å². The Morgan fingerprint density at radius 3 is 2.50 bits per heavy atom. The molecule has 0 aliphatic rings. The largest absolute Gasteiger partial charge is 0.467 e. The molecule has 0 spiro atoms. The van der Waals surface area contributed by atoms with Crippen molar-refractivity contribution in [1.82, 2.24) is 0 Å². The molecule has 2 aromatic rings. The Bertz CT molecular complexity index is 584. The molecule has 104 valence electrons. The molecule has 1 N–H and O–H groups in total. The van der Waals surface area contributed by atoms with Gasteiger partial charge in [0.15, 0.2) is 6.04 Å². The maximum Gasteiger partial charge on any atom is 0.333 e. The molecule has 0 saturated heterocycles. The summed E-state index contributed by atoms with van der Waals surface area (Å²) in [5, 5.41) is 3.10. The summed E-state index contributed by atoms with van der Waals surface area (Å²) in [5.41, 5.74) is 0.743. The normalized spacial score (nSPS) is 11.8. The molecular weight excluding hydrogens is 281 g/mol. The van der Waals surface area contributed by atoms with Gasteiger partial charge in [-0.3, -0.25) is 0 Å². The summed E-state index contributed by atoms with van der Waals surface area (Å²) in [6.07, 6.45) is 0. The van der Waals surface area contributed by atoms with Gasteiger partial charge in [0, 0.05) is 16.3 Å². The molecule has 0 saturated carbocycles. The van der Waals surface area contributed by atoms with Crippen molar-refractivity contribution in [3.8, 4) is 0 Å². The first-order valence-electron chi connectivity index (χ1n) is 5.97. The lowest BCUT2D eigenvalue weighted by Gasteiger charge is -2.19. The Labute approximate surface area is 121 Å². The minimum atomic E-state index is -1.00. The van der Waals surface area contributed by atoms with Crippen molar-refractivity contribution >= 4 is 23.3 Å². The Hall–Kier alpha value is -2.07. The van der Waals surface area contributed by atoms with E-state index in [2.05, 4.69) is 5.32 Å². The summed E-state index contributed by atoms with van der Waals surface area (Å²) in [5.74, 6) is -1.17. The van der Waals surface area contributed by atoms with Gasteiger partial charge in [-0.2, -0.15) is 0 Å². The third kappa shape index (κ3) is 3.08. The quantitative estimate of drug-likeness (QED) is 0.871. The molecule has 0 amide bonds. The average molecular weight is 294 g/mol. The lowest BCUT2D eigenvalue weighted by molar-refractivity contribution is -0.141. The summed E-state index contributed by atoms with van der Waals surface area (Å²) in [6.45, 7) is 0. The first kappa shape index (κ1) is 14.3. The van der Waals surface area contributed by atoms with E-state index in [4.69, 9.17) is 16.3 Å². The van der Waals surface area contributed by atoms with Crippen LogP contribution in [0.15, 0.2) is 48.5 Å². The van der Waals surface area contributed by atoms with Crippen LogP contribution in [0.5, 0.6) is 0 Å². The number of hydrogen-bond donors (Lipinski definition) is 1. The number of carbonyl (C=O) groups is 1. The number of halogens is 2. The van der Waals surface area contributed by atoms with E-state index in [9.17, 15) is 9.18 Å². The predicted octanol–water partition coefficient (Wildman–Crippen LogP) is 3.81. The van der Waals surface area contributed by atoms with Gasteiger partial charge >= 0.3 is 5.97 Å². The number of nitrogens with one attached hydrogen (secondary N) is 1. The molecule has 5 heteroatoms. The molecule has 0 aromatic heterocycles. The second-order valence-corrected chi connectivity index (χ2v) is 4.51. The SMILES string of the molecule is COC(=O)C(Nc1ccccc1)c1c(F)cccc1Cl. The molecule has 3 nitrogen and oxygen atoms in total. The molecule has 2 aromatic carbocycles. The van der Waals surface area contributed by atoms with Crippen LogP contribution < -0.4 is 5.32 Å². The molecular formula is C15H13ClFNO2. The van der Waals surface area contributed by atoms with E-state index in [1.165, 1.54) is 25.3 Å². The van der Waals surface area contributed by atoms with Gasteiger partial charge in [-0.1, -0.05) is 35.9 Å². The molecule has 1 unspecified atom stereocenters. The van der Waals surface area contributed by atoms with E-state index in [0.717, 1.165) is 0 Å². The highest BCUT2D eigenvalue weighted by Gasteiger charge is 2.26. The lowest BCUT2D eigenvalue weighted by Crippen LogP contribution is -2.23. The van der Waals surface area contributed by atoms with Gasteiger partial charge in [-0.05, 0) is 24.3 Å². The summed E-state index contributed by atoms with van der Waals surface area (Å²) in [7, 11) is 1.25. The minimum Gasteiger partial charge on any atom is -0.467 e. The highest BCUT2D eigenvalue weighted by molar-refractivity contribution is 6.31. The van der Waals surface area contributed by atoms with Crippen LogP contribution in [0.25, 0.3) is 0 Å². The number of methoxy groups -OCH3 is 1.